The largest absolute Gasteiger partial charge is 0.449 e. The zero-order valence-electron chi connectivity index (χ0n) is 11.2. The highest BCUT2D eigenvalue weighted by atomic mass is 16.6. The van der Waals surface area contributed by atoms with Crippen LogP contribution in [0.15, 0.2) is 0 Å². The predicted molar refractivity (Wildman–Crippen MR) is 67.9 cm³/mol. The minimum Gasteiger partial charge on any atom is -0.449 e. The minimum absolute atomic E-state index is 0.0731. The molecule has 3 heteroatoms. The highest BCUT2D eigenvalue weighted by Gasteiger charge is 2.32. The van der Waals surface area contributed by atoms with Gasteiger partial charge in [-0.3, -0.25) is 0 Å². The molecule has 17 heavy (non-hydrogen) atoms. The van der Waals surface area contributed by atoms with Crippen molar-refractivity contribution >= 4 is 6.09 Å². The van der Waals surface area contributed by atoms with E-state index in [1.54, 1.807) is 0 Å². The summed E-state index contributed by atoms with van der Waals surface area (Å²) < 4.78 is 5.48. The molecule has 2 rings (SSSR count). The molecule has 1 saturated heterocycles. The summed E-state index contributed by atoms with van der Waals surface area (Å²) in [5.74, 6) is 1.43. The van der Waals surface area contributed by atoms with Gasteiger partial charge in [-0.1, -0.05) is 20.3 Å². The van der Waals surface area contributed by atoms with Crippen molar-refractivity contribution in [3.8, 4) is 0 Å². The number of amides is 1. The number of ether oxygens (including phenoxy) is 1. The van der Waals surface area contributed by atoms with Crippen molar-refractivity contribution in [2.24, 2.45) is 11.8 Å². The van der Waals surface area contributed by atoms with E-state index < -0.39 is 0 Å². The molecule has 0 spiro atoms. The van der Waals surface area contributed by atoms with Crippen molar-refractivity contribution < 1.29 is 9.53 Å². The molecule has 0 aromatic carbocycles. The molecule has 98 valence electrons. The van der Waals surface area contributed by atoms with Gasteiger partial charge in [-0.25, -0.2) is 4.79 Å². The van der Waals surface area contributed by atoms with Crippen LogP contribution in [-0.4, -0.2) is 30.2 Å². The van der Waals surface area contributed by atoms with Gasteiger partial charge in [0.25, 0.3) is 0 Å². The van der Waals surface area contributed by atoms with E-state index in [9.17, 15) is 4.79 Å². The van der Waals surface area contributed by atoms with Crippen LogP contribution in [0, 0.1) is 11.8 Å². The molecule has 3 nitrogen and oxygen atoms in total. The first-order valence-corrected chi connectivity index (χ1v) is 7.19. The first kappa shape index (κ1) is 12.7. The number of nitrogens with zero attached hydrogens (tertiary/aromatic N) is 1. The third-order valence-electron chi connectivity index (χ3n) is 4.60. The Balaban J connectivity index is 1.73. The second-order valence-corrected chi connectivity index (χ2v) is 5.48. The fraction of sp³-hybridized carbons (Fsp3) is 0.929. The van der Waals surface area contributed by atoms with Crippen molar-refractivity contribution in [1.29, 1.82) is 0 Å². The van der Waals surface area contributed by atoms with Crippen LogP contribution in [0.25, 0.3) is 0 Å². The highest BCUT2D eigenvalue weighted by molar-refractivity contribution is 5.68. The summed E-state index contributed by atoms with van der Waals surface area (Å²) in [5.41, 5.74) is 0. The first-order valence-electron chi connectivity index (χ1n) is 7.19. The Morgan fingerprint density at radius 2 is 1.94 bits per heavy atom. The van der Waals surface area contributed by atoms with Crippen LogP contribution in [0.4, 0.5) is 4.79 Å². The van der Waals surface area contributed by atoms with Crippen LogP contribution < -0.4 is 0 Å². The SMILES string of the molecule is CCC1CCC1COC(=O)N1CCCC1CC. The second-order valence-electron chi connectivity index (χ2n) is 5.48. The van der Waals surface area contributed by atoms with Crippen molar-refractivity contribution in [3.63, 3.8) is 0 Å². The molecule has 1 saturated carbocycles. The molecule has 0 aromatic rings. The van der Waals surface area contributed by atoms with E-state index in [1.807, 2.05) is 4.90 Å². The van der Waals surface area contributed by atoms with E-state index in [-0.39, 0.29) is 6.09 Å². The fourth-order valence-electron chi connectivity index (χ4n) is 3.16. The van der Waals surface area contributed by atoms with Gasteiger partial charge in [-0.15, -0.1) is 0 Å². The van der Waals surface area contributed by atoms with Crippen LogP contribution in [0.1, 0.15) is 52.4 Å². The van der Waals surface area contributed by atoms with Gasteiger partial charge >= 0.3 is 6.09 Å². The third kappa shape index (κ3) is 2.75. The number of likely N-dealkylation sites (tertiary alicyclic amines) is 1. The van der Waals surface area contributed by atoms with Gasteiger partial charge in [-0.05, 0) is 43.9 Å². The monoisotopic (exact) mass is 239 g/mol. The van der Waals surface area contributed by atoms with Gasteiger partial charge in [0, 0.05) is 12.6 Å². The van der Waals surface area contributed by atoms with Crippen LogP contribution >= 0.6 is 0 Å². The summed E-state index contributed by atoms with van der Waals surface area (Å²) in [6.07, 6.45) is 7.04. The molecule has 1 aliphatic heterocycles. The summed E-state index contributed by atoms with van der Waals surface area (Å²) in [6, 6.07) is 0.422. The minimum atomic E-state index is -0.0731. The lowest BCUT2D eigenvalue weighted by Gasteiger charge is -2.36. The Kier molecular flexibility index (Phi) is 4.30. The lowest BCUT2D eigenvalue weighted by Crippen LogP contribution is -2.38. The van der Waals surface area contributed by atoms with Crippen molar-refractivity contribution in [1.82, 2.24) is 4.90 Å². The summed E-state index contributed by atoms with van der Waals surface area (Å²) in [5, 5.41) is 0. The first-order chi connectivity index (χ1) is 8.26. The molecule has 0 bridgehead atoms. The van der Waals surface area contributed by atoms with E-state index in [0.29, 0.717) is 18.6 Å². The summed E-state index contributed by atoms with van der Waals surface area (Å²) in [4.78, 5) is 13.9. The van der Waals surface area contributed by atoms with Crippen molar-refractivity contribution in [2.45, 2.75) is 58.4 Å². The Labute approximate surface area is 105 Å². The van der Waals surface area contributed by atoms with Crippen molar-refractivity contribution in [2.75, 3.05) is 13.2 Å². The summed E-state index contributed by atoms with van der Waals surface area (Å²) in [6.45, 7) is 5.91. The number of carbonyl (C=O) groups is 1. The number of carbonyl (C=O) groups excluding carboxylic acids is 1. The average Bonchev–Trinajstić information content (AvgIpc) is 2.76. The molecule has 2 aliphatic rings. The molecule has 1 amide bonds. The van der Waals surface area contributed by atoms with Gasteiger partial charge in [0.1, 0.15) is 0 Å². The van der Waals surface area contributed by atoms with E-state index >= 15 is 0 Å². The van der Waals surface area contributed by atoms with E-state index in [2.05, 4.69) is 13.8 Å². The average molecular weight is 239 g/mol. The Morgan fingerprint density at radius 3 is 2.53 bits per heavy atom. The second kappa shape index (κ2) is 5.74. The van der Waals surface area contributed by atoms with Crippen LogP contribution in [-0.2, 0) is 4.74 Å². The molecular formula is C14H25NO2. The molecule has 3 unspecified atom stereocenters. The normalized spacial score (nSPS) is 32.4. The Bertz CT molecular complexity index is 265. The molecule has 0 aromatic heterocycles. The summed E-state index contributed by atoms with van der Waals surface area (Å²) >= 11 is 0. The van der Waals surface area contributed by atoms with Crippen LogP contribution in [0.3, 0.4) is 0 Å². The van der Waals surface area contributed by atoms with E-state index in [0.717, 1.165) is 31.7 Å². The Hall–Kier alpha value is -0.730. The van der Waals surface area contributed by atoms with Crippen LogP contribution in [0.5, 0.6) is 0 Å². The number of hydrogen-bond donors (Lipinski definition) is 0. The number of hydrogen-bond acceptors (Lipinski definition) is 2. The van der Waals surface area contributed by atoms with E-state index in [1.165, 1.54) is 19.3 Å². The maximum atomic E-state index is 12.0. The van der Waals surface area contributed by atoms with Gasteiger partial charge in [-0.2, -0.15) is 0 Å². The standard InChI is InChI=1S/C14H25NO2/c1-3-11-7-8-12(11)10-17-14(16)15-9-5-6-13(15)4-2/h11-13H,3-10H2,1-2H3. The lowest BCUT2D eigenvalue weighted by atomic mass is 9.73. The smallest absolute Gasteiger partial charge is 0.410 e. The zero-order valence-corrected chi connectivity index (χ0v) is 11.2. The van der Waals surface area contributed by atoms with Gasteiger partial charge in [0.2, 0.25) is 0 Å². The quantitative estimate of drug-likeness (QED) is 0.752. The molecule has 0 radical (unpaired) electrons. The van der Waals surface area contributed by atoms with Gasteiger partial charge in [0.05, 0.1) is 6.61 Å². The maximum Gasteiger partial charge on any atom is 0.410 e. The number of rotatable bonds is 4. The summed E-state index contributed by atoms with van der Waals surface area (Å²) in [7, 11) is 0. The Morgan fingerprint density at radius 1 is 1.18 bits per heavy atom. The van der Waals surface area contributed by atoms with E-state index in [4.69, 9.17) is 4.74 Å². The lowest BCUT2D eigenvalue weighted by molar-refractivity contribution is 0.0409. The molecule has 1 heterocycles. The molecular weight excluding hydrogens is 214 g/mol. The zero-order chi connectivity index (χ0) is 12.3. The highest BCUT2D eigenvalue weighted by Crippen LogP contribution is 2.36. The van der Waals surface area contributed by atoms with Gasteiger partial charge < -0.3 is 9.64 Å². The predicted octanol–water partition coefficient (Wildman–Crippen LogP) is 3.43. The third-order valence-corrected chi connectivity index (χ3v) is 4.60. The molecule has 0 N–H and O–H groups in total. The van der Waals surface area contributed by atoms with Crippen molar-refractivity contribution in [3.05, 3.63) is 0 Å². The van der Waals surface area contributed by atoms with Gasteiger partial charge in [0.15, 0.2) is 0 Å². The molecule has 3 atom stereocenters. The molecule has 1 aliphatic carbocycles. The topological polar surface area (TPSA) is 29.5 Å². The van der Waals surface area contributed by atoms with Crippen LogP contribution in [0.2, 0.25) is 0 Å². The fourth-order valence-corrected chi connectivity index (χ4v) is 3.16. The maximum absolute atomic E-state index is 12.0. The molecule has 2 fully saturated rings.